The zero-order valence-corrected chi connectivity index (χ0v) is 11.3. The average molecular weight is 268 g/mol. The highest BCUT2D eigenvalue weighted by molar-refractivity contribution is 5.75. The van der Waals surface area contributed by atoms with Gasteiger partial charge in [-0.15, -0.1) is 0 Å². The molecule has 0 amide bonds. The standard InChI is InChI=1S/C14H20O5/c1-3-5-6-13(14(17)18-4-2)19-12-8-10(15)7-11(16)9-12/h7-9,13,15-16H,3-6H2,1-2H3. The Morgan fingerprint density at radius 1 is 1.21 bits per heavy atom. The smallest absolute Gasteiger partial charge is 0.347 e. The Balaban J connectivity index is 2.77. The number of carbonyl (C=O) groups is 1. The van der Waals surface area contributed by atoms with Crippen LogP contribution in [0.4, 0.5) is 0 Å². The molecule has 0 aromatic heterocycles. The summed E-state index contributed by atoms with van der Waals surface area (Å²) in [6, 6.07) is 3.88. The van der Waals surface area contributed by atoms with Crippen molar-refractivity contribution in [3.63, 3.8) is 0 Å². The van der Waals surface area contributed by atoms with Crippen molar-refractivity contribution >= 4 is 5.97 Å². The fourth-order valence-electron chi connectivity index (χ4n) is 1.65. The number of phenolic OH excluding ortho intramolecular Hbond substituents is 2. The highest BCUT2D eigenvalue weighted by atomic mass is 16.6. The minimum Gasteiger partial charge on any atom is -0.508 e. The van der Waals surface area contributed by atoms with E-state index in [1.807, 2.05) is 6.92 Å². The Morgan fingerprint density at radius 2 is 1.84 bits per heavy atom. The lowest BCUT2D eigenvalue weighted by atomic mass is 10.1. The summed E-state index contributed by atoms with van der Waals surface area (Å²) in [6.45, 7) is 4.04. The summed E-state index contributed by atoms with van der Waals surface area (Å²) in [7, 11) is 0. The Labute approximate surface area is 112 Å². The van der Waals surface area contributed by atoms with Crippen LogP contribution in [-0.2, 0) is 9.53 Å². The number of esters is 1. The van der Waals surface area contributed by atoms with E-state index >= 15 is 0 Å². The number of hydrogen-bond acceptors (Lipinski definition) is 5. The van der Waals surface area contributed by atoms with E-state index in [9.17, 15) is 15.0 Å². The molecule has 0 aliphatic carbocycles. The van der Waals surface area contributed by atoms with Crippen molar-refractivity contribution in [1.82, 2.24) is 0 Å². The number of rotatable bonds is 7. The van der Waals surface area contributed by atoms with Crippen LogP contribution < -0.4 is 4.74 Å². The summed E-state index contributed by atoms with van der Waals surface area (Å²) in [4.78, 5) is 11.8. The number of ether oxygens (including phenoxy) is 2. The number of carbonyl (C=O) groups excluding carboxylic acids is 1. The minimum absolute atomic E-state index is 0.117. The third kappa shape index (κ3) is 5.07. The number of aromatic hydroxyl groups is 2. The van der Waals surface area contributed by atoms with Crippen LogP contribution in [0, 0.1) is 0 Å². The van der Waals surface area contributed by atoms with Crippen molar-refractivity contribution in [2.75, 3.05) is 6.61 Å². The van der Waals surface area contributed by atoms with Crippen molar-refractivity contribution in [3.05, 3.63) is 18.2 Å². The SMILES string of the molecule is CCCCC(Oc1cc(O)cc(O)c1)C(=O)OCC. The van der Waals surface area contributed by atoms with Gasteiger partial charge >= 0.3 is 5.97 Å². The van der Waals surface area contributed by atoms with Crippen LogP contribution in [0.5, 0.6) is 17.2 Å². The molecule has 5 heteroatoms. The van der Waals surface area contributed by atoms with Crippen molar-refractivity contribution < 1.29 is 24.5 Å². The van der Waals surface area contributed by atoms with E-state index < -0.39 is 12.1 Å². The largest absolute Gasteiger partial charge is 0.508 e. The Kier molecular flexibility index (Phi) is 5.99. The third-order valence-corrected chi connectivity index (χ3v) is 2.52. The molecule has 1 aromatic carbocycles. The summed E-state index contributed by atoms with van der Waals surface area (Å²) in [6.07, 6.45) is 1.58. The molecular formula is C14H20O5. The van der Waals surface area contributed by atoms with E-state index in [0.29, 0.717) is 6.42 Å². The second kappa shape index (κ2) is 7.51. The van der Waals surface area contributed by atoms with Gasteiger partial charge in [-0.25, -0.2) is 4.79 Å². The first-order valence-electron chi connectivity index (χ1n) is 6.43. The molecule has 106 valence electrons. The van der Waals surface area contributed by atoms with Crippen molar-refractivity contribution in [2.45, 2.75) is 39.2 Å². The topological polar surface area (TPSA) is 76.0 Å². The molecule has 19 heavy (non-hydrogen) atoms. The highest BCUT2D eigenvalue weighted by Crippen LogP contribution is 2.27. The van der Waals surface area contributed by atoms with E-state index in [4.69, 9.17) is 9.47 Å². The maximum atomic E-state index is 11.8. The number of phenols is 2. The van der Waals surface area contributed by atoms with E-state index in [0.717, 1.165) is 12.8 Å². The van der Waals surface area contributed by atoms with E-state index in [1.165, 1.54) is 18.2 Å². The summed E-state index contributed by atoms with van der Waals surface area (Å²) >= 11 is 0. The van der Waals surface area contributed by atoms with Crippen molar-refractivity contribution in [2.24, 2.45) is 0 Å². The van der Waals surface area contributed by atoms with Crippen LogP contribution in [0.1, 0.15) is 33.1 Å². The second-order valence-corrected chi connectivity index (χ2v) is 4.19. The minimum atomic E-state index is -0.721. The second-order valence-electron chi connectivity index (χ2n) is 4.19. The van der Waals surface area contributed by atoms with Gasteiger partial charge in [0.15, 0.2) is 6.10 Å². The van der Waals surface area contributed by atoms with Crippen LogP contribution in [0.2, 0.25) is 0 Å². The van der Waals surface area contributed by atoms with E-state index in [-0.39, 0.29) is 23.9 Å². The molecule has 0 heterocycles. The van der Waals surface area contributed by atoms with E-state index in [2.05, 4.69) is 0 Å². The van der Waals surface area contributed by atoms with Gasteiger partial charge in [0.1, 0.15) is 17.2 Å². The predicted molar refractivity (Wildman–Crippen MR) is 70.3 cm³/mol. The van der Waals surface area contributed by atoms with Gasteiger partial charge < -0.3 is 19.7 Å². The Bertz CT molecular complexity index is 396. The molecular weight excluding hydrogens is 248 g/mol. The lowest BCUT2D eigenvalue weighted by Gasteiger charge is -2.17. The maximum absolute atomic E-state index is 11.8. The molecule has 0 fully saturated rings. The van der Waals surface area contributed by atoms with Crippen LogP contribution in [0.3, 0.4) is 0 Å². The molecule has 1 aromatic rings. The first kappa shape index (κ1) is 15.1. The van der Waals surface area contributed by atoms with Crippen molar-refractivity contribution in [1.29, 1.82) is 0 Å². The number of hydrogen-bond donors (Lipinski definition) is 2. The summed E-state index contributed by atoms with van der Waals surface area (Å²) in [5.41, 5.74) is 0. The van der Waals surface area contributed by atoms with Crippen LogP contribution in [-0.4, -0.2) is 28.9 Å². The Morgan fingerprint density at radius 3 is 2.37 bits per heavy atom. The van der Waals surface area contributed by atoms with Gasteiger partial charge in [0.25, 0.3) is 0 Å². The predicted octanol–water partition coefficient (Wildman–Crippen LogP) is 2.60. The van der Waals surface area contributed by atoms with Crippen molar-refractivity contribution in [3.8, 4) is 17.2 Å². The molecule has 0 aliphatic heterocycles. The number of unbranched alkanes of at least 4 members (excludes halogenated alkanes) is 1. The molecule has 0 bridgehead atoms. The molecule has 0 radical (unpaired) electrons. The third-order valence-electron chi connectivity index (χ3n) is 2.52. The lowest BCUT2D eigenvalue weighted by Crippen LogP contribution is -2.29. The number of benzene rings is 1. The summed E-state index contributed by atoms with van der Waals surface area (Å²) < 4.78 is 10.4. The molecule has 5 nitrogen and oxygen atoms in total. The molecule has 1 unspecified atom stereocenters. The summed E-state index contributed by atoms with van der Waals surface area (Å²) in [5.74, 6) is -0.424. The van der Waals surface area contributed by atoms with Gasteiger partial charge in [0.2, 0.25) is 0 Å². The van der Waals surface area contributed by atoms with Gasteiger partial charge in [-0.1, -0.05) is 13.3 Å². The van der Waals surface area contributed by atoms with Crippen LogP contribution >= 0.6 is 0 Å². The van der Waals surface area contributed by atoms with Crippen LogP contribution in [0.25, 0.3) is 0 Å². The monoisotopic (exact) mass is 268 g/mol. The summed E-state index contributed by atoms with van der Waals surface area (Å²) in [5, 5.41) is 18.7. The van der Waals surface area contributed by atoms with Crippen LogP contribution in [0.15, 0.2) is 18.2 Å². The fourth-order valence-corrected chi connectivity index (χ4v) is 1.65. The molecule has 2 N–H and O–H groups in total. The average Bonchev–Trinajstić information content (AvgIpc) is 2.33. The first-order chi connectivity index (χ1) is 9.06. The van der Waals surface area contributed by atoms with Gasteiger partial charge in [-0.05, 0) is 19.8 Å². The Hall–Kier alpha value is -1.91. The molecule has 0 spiro atoms. The molecule has 1 rings (SSSR count). The van der Waals surface area contributed by atoms with Gasteiger partial charge in [-0.3, -0.25) is 0 Å². The zero-order chi connectivity index (χ0) is 14.3. The highest BCUT2D eigenvalue weighted by Gasteiger charge is 2.21. The van der Waals surface area contributed by atoms with Gasteiger partial charge in [0.05, 0.1) is 6.61 Å². The lowest BCUT2D eigenvalue weighted by molar-refractivity contribution is -0.151. The normalized spacial score (nSPS) is 11.9. The van der Waals surface area contributed by atoms with Gasteiger partial charge in [0, 0.05) is 18.2 Å². The molecule has 0 saturated heterocycles. The van der Waals surface area contributed by atoms with Gasteiger partial charge in [-0.2, -0.15) is 0 Å². The first-order valence-corrected chi connectivity index (χ1v) is 6.43. The zero-order valence-electron chi connectivity index (χ0n) is 11.3. The fraction of sp³-hybridized carbons (Fsp3) is 0.500. The van der Waals surface area contributed by atoms with E-state index in [1.54, 1.807) is 6.92 Å². The molecule has 1 atom stereocenters. The molecule has 0 aliphatic rings. The maximum Gasteiger partial charge on any atom is 0.347 e. The quantitative estimate of drug-likeness (QED) is 0.743. The molecule has 0 saturated carbocycles.